The van der Waals surface area contributed by atoms with E-state index in [9.17, 15) is 9.59 Å². The SMILES string of the molecule is CCOC1CCC(CS)(C(=O)N[C@@H](Cc2ccccc2)C(=O)NCc2cccs2)CC1. The highest BCUT2D eigenvalue weighted by molar-refractivity contribution is 7.80. The second kappa shape index (κ2) is 11.7. The van der Waals surface area contributed by atoms with Crippen LogP contribution in [0.1, 0.15) is 43.0 Å². The first kappa shape index (κ1) is 23.8. The van der Waals surface area contributed by atoms with Crippen molar-refractivity contribution < 1.29 is 14.3 Å². The van der Waals surface area contributed by atoms with Crippen LogP contribution in [0.5, 0.6) is 0 Å². The van der Waals surface area contributed by atoms with E-state index in [1.54, 1.807) is 11.3 Å². The molecule has 1 heterocycles. The van der Waals surface area contributed by atoms with Crippen molar-refractivity contribution in [2.45, 2.75) is 57.7 Å². The van der Waals surface area contributed by atoms with Crippen molar-refractivity contribution in [3.05, 3.63) is 58.3 Å². The van der Waals surface area contributed by atoms with E-state index in [2.05, 4.69) is 23.3 Å². The quantitative estimate of drug-likeness (QED) is 0.470. The zero-order valence-electron chi connectivity index (χ0n) is 18.0. The number of carbonyl (C=O) groups is 2. The third-order valence-electron chi connectivity index (χ3n) is 6.00. The van der Waals surface area contributed by atoms with Gasteiger partial charge in [-0.15, -0.1) is 11.3 Å². The van der Waals surface area contributed by atoms with Gasteiger partial charge in [-0.1, -0.05) is 36.4 Å². The van der Waals surface area contributed by atoms with Crippen molar-refractivity contribution >= 4 is 35.8 Å². The highest BCUT2D eigenvalue weighted by Gasteiger charge is 2.42. The molecule has 0 bridgehead atoms. The second-order valence-corrected chi connectivity index (χ2v) is 9.45. The van der Waals surface area contributed by atoms with Crippen LogP contribution in [0, 0.1) is 5.41 Å². The van der Waals surface area contributed by atoms with Crippen LogP contribution in [0.25, 0.3) is 0 Å². The number of carbonyl (C=O) groups excluding carboxylic acids is 2. The lowest BCUT2D eigenvalue weighted by molar-refractivity contribution is -0.137. The summed E-state index contributed by atoms with van der Waals surface area (Å²) >= 11 is 6.13. The minimum Gasteiger partial charge on any atom is -0.379 e. The van der Waals surface area contributed by atoms with Crippen LogP contribution < -0.4 is 10.6 Å². The van der Waals surface area contributed by atoms with Gasteiger partial charge in [0.2, 0.25) is 11.8 Å². The molecule has 0 unspecified atom stereocenters. The second-order valence-electron chi connectivity index (χ2n) is 8.11. The first-order chi connectivity index (χ1) is 15.1. The van der Waals surface area contributed by atoms with Gasteiger partial charge in [0, 0.05) is 23.7 Å². The molecule has 1 saturated carbocycles. The smallest absolute Gasteiger partial charge is 0.243 e. The van der Waals surface area contributed by atoms with E-state index in [4.69, 9.17) is 4.74 Å². The fourth-order valence-corrected chi connectivity index (χ4v) is 5.19. The van der Waals surface area contributed by atoms with E-state index in [0.29, 0.717) is 25.3 Å². The standard InChI is InChI=1S/C24H32N2O3S2/c1-2-29-19-10-12-24(17-30,13-11-19)23(28)26-21(15-18-7-4-3-5-8-18)22(27)25-16-20-9-6-14-31-20/h3-9,14,19,21,30H,2,10-13,15-17H2,1H3,(H,25,27)(H,26,28)/t19?,21-,24?/m0/s1. The van der Waals surface area contributed by atoms with Gasteiger partial charge in [-0.25, -0.2) is 0 Å². The zero-order chi connectivity index (χ0) is 22.1. The molecule has 0 aliphatic heterocycles. The van der Waals surface area contributed by atoms with Gasteiger partial charge in [0.25, 0.3) is 0 Å². The monoisotopic (exact) mass is 460 g/mol. The lowest BCUT2D eigenvalue weighted by Crippen LogP contribution is -2.54. The molecule has 1 fully saturated rings. The van der Waals surface area contributed by atoms with Crippen molar-refractivity contribution in [1.82, 2.24) is 10.6 Å². The van der Waals surface area contributed by atoms with Gasteiger partial charge in [-0.3, -0.25) is 9.59 Å². The Morgan fingerprint density at radius 2 is 1.94 bits per heavy atom. The van der Waals surface area contributed by atoms with Crippen LogP contribution in [0.2, 0.25) is 0 Å². The average Bonchev–Trinajstić information content (AvgIpc) is 3.32. The van der Waals surface area contributed by atoms with Gasteiger partial charge in [0.15, 0.2) is 0 Å². The topological polar surface area (TPSA) is 67.4 Å². The Hall–Kier alpha value is -1.83. The number of thiophene rings is 1. The number of benzene rings is 1. The molecular formula is C24H32N2O3S2. The Kier molecular flexibility index (Phi) is 8.99. The number of hydrogen-bond acceptors (Lipinski definition) is 5. The normalized spacial score (nSPS) is 21.9. The fraction of sp³-hybridized carbons (Fsp3) is 0.500. The van der Waals surface area contributed by atoms with E-state index >= 15 is 0 Å². The van der Waals surface area contributed by atoms with Crippen LogP contribution in [0.4, 0.5) is 0 Å². The third kappa shape index (κ3) is 6.57. The summed E-state index contributed by atoms with van der Waals surface area (Å²) in [6.07, 6.45) is 3.79. The van der Waals surface area contributed by atoms with E-state index in [-0.39, 0.29) is 17.9 Å². The van der Waals surface area contributed by atoms with Gasteiger partial charge in [-0.05, 0) is 49.6 Å². The molecule has 0 radical (unpaired) electrons. The first-order valence-corrected chi connectivity index (χ1v) is 12.4. The number of ether oxygens (including phenoxy) is 1. The van der Waals surface area contributed by atoms with Gasteiger partial charge in [0.1, 0.15) is 6.04 Å². The minimum absolute atomic E-state index is 0.0790. The Morgan fingerprint density at radius 3 is 2.55 bits per heavy atom. The molecule has 0 saturated heterocycles. The molecular weight excluding hydrogens is 428 g/mol. The van der Waals surface area contributed by atoms with Crippen LogP contribution in [-0.4, -0.2) is 36.3 Å². The fourth-order valence-electron chi connectivity index (χ4n) is 4.08. The first-order valence-electron chi connectivity index (χ1n) is 10.9. The number of hydrogen-bond donors (Lipinski definition) is 3. The average molecular weight is 461 g/mol. The lowest BCUT2D eigenvalue weighted by Gasteiger charge is -2.38. The summed E-state index contributed by atoms with van der Waals surface area (Å²) in [5.41, 5.74) is 0.457. The van der Waals surface area contributed by atoms with Gasteiger partial charge in [0.05, 0.1) is 18.1 Å². The molecule has 168 valence electrons. The number of amides is 2. The maximum Gasteiger partial charge on any atom is 0.243 e. The molecule has 2 aromatic rings. The Bertz CT molecular complexity index is 819. The molecule has 0 spiro atoms. The van der Waals surface area contributed by atoms with Crippen molar-refractivity contribution in [2.75, 3.05) is 12.4 Å². The van der Waals surface area contributed by atoms with Gasteiger partial charge in [-0.2, -0.15) is 12.6 Å². The summed E-state index contributed by atoms with van der Waals surface area (Å²) in [4.78, 5) is 27.5. The van der Waals surface area contributed by atoms with Crippen LogP contribution in [-0.2, 0) is 27.3 Å². The van der Waals surface area contributed by atoms with E-state index in [0.717, 1.165) is 36.1 Å². The zero-order valence-corrected chi connectivity index (χ0v) is 19.7. The van der Waals surface area contributed by atoms with Crippen molar-refractivity contribution in [1.29, 1.82) is 0 Å². The Labute approximate surface area is 194 Å². The minimum atomic E-state index is -0.628. The molecule has 1 aliphatic carbocycles. The summed E-state index contributed by atoms with van der Waals surface area (Å²) in [5.74, 6) is 0.222. The Morgan fingerprint density at radius 1 is 1.19 bits per heavy atom. The largest absolute Gasteiger partial charge is 0.379 e. The molecule has 1 aromatic heterocycles. The molecule has 1 aromatic carbocycles. The summed E-state index contributed by atoms with van der Waals surface area (Å²) in [6, 6.07) is 13.1. The van der Waals surface area contributed by atoms with Crippen molar-refractivity contribution in [3.63, 3.8) is 0 Å². The van der Waals surface area contributed by atoms with Crippen molar-refractivity contribution in [2.24, 2.45) is 5.41 Å². The van der Waals surface area contributed by atoms with Crippen LogP contribution in [0.3, 0.4) is 0 Å². The summed E-state index contributed by atoms with van der Waals surface area (Å²) in [7, 11) is 0. The predicted octanol–water partition coefficient (Wildman–Crippen LogP) is 3.99. The number of thiol groups is 1. The molecule has 1 aliphatic rings. The molecule has 1 atom stereocenters. The summed E-state index contributed by atoms with van der Waals surface area (Å²) in [5, 5.41) is 8.04. The molecule has 31 heavy (non-hydrogen) atoms. The van der Waals surface area contributed by atoms with Gasteiger partial charge < -0.3 is 15.4 Å². The van der Waals surface area contributed by atoms with Crippen LogP contribution in [0.15, 0.2) is 47.8 Å². The molecule has 2 N–H and O–H groups in total. The molecule has 3 rings (SSSR count). The van der Waals surface area contributed by atoms with Gasteiger partial charge >= 0.3 is 0 Å². The molecule has 7 heteroatoms. The Balaban J connectivity index is 1.68. The maximum absolute atomic E-state index is 13.4. The number of nitrogens with one attached hydrogen (secondary N) is 2. The lowest BCUT2D eigenvalue weighted by atomic mass is 9.73. The van der Waals surface area contributed by atoms with E-state index < -0.39 is 11.5 Å². The molecule has 5 nitrogen and oxygen atoms in total. The summed E-state index contributed by atoms with van der Waals surface area (Å²) in [6.45, 7) is 3.15. The molecule has 2 amide bonds. The predicted molar refractivity (Wildman–Crippen MR) is 128 cm³/mol. The number of rotatable bonds is 10. The van der Waals surface area contributed by atoms with E-state index in [1.807, 2.05) is 54.8 Å². The van der Waals surface area contributed by atoms with Crippen LogP contribution >= 0.6 is 24.0 Å². The summed E-state index contributed by atoms with van der Waals surface area (Å²) < 4.78 is 5.75. The highest BCUT2D eigenvalue weighted by atomic mass is 32.1. The van der Waals surface area contributed by atoms with Crippen molar-refractivity contribution in [3.8, 4) is 0 Å². The maximum atomic E-state index is 13.4. The third-order valence-corrected chi connectivity index (χ3v) is 7.48. The van der Waals surface area contributed by atoms with E-state index in [1.165, 1.54) is 0 Å². The highest BCUT2D eigenvalue weighted by Crippen LogP contribution is 2.38.